The van der Waals surface area contributed by atoms with Gasteiger partial charge >= 0.3 is 0 Å². The first-order chi connectivity index (χ1) is 14.5. The van der Waals surface area contributed by atoms with Crippen LogP contribution in [-0.4, -0.2) is 42.9 Å². The Labute approximate surface area is 178 Å². The zero-order valence-corrected chi connectivity index (χ0v) is 17.9. The Morgan fingerprint density at radius 3 is 2.63 bits per heavy atom. The van der Waals surface area contributed by atoms with Crippen LogP contribution in [0.25, 0.3) is 17.2 Å². The Kier molecular flexibility index (Phi) is 7.03. The van der Waals surface area contributed by atoms with Crippen molar-refractivity contribution >= 4 is 24.4 Å². The molecule has 1 saturated heterocycles. The lowest BCUT2D eigenvalue weighted by Crippen LogP contribution is -2.49. The number of hydrogen-bond donors (Lipinski definition) is 0. The summed E-state index contributed by atoms with van der Waals surface area (Å²) < 4.78 is 20.4. The fraction of sp³-hybridized carbons (Fsp3) is 0.360. The molecule has 2 aromatic carbocycles. The molecule has 1 heterocycles. The van der Waals surface area contributed by atoms with Gasteiger partial charge in [0.15, 0.2) is 6.17 Å². The quantitative estimate of drug-likeness (QED) is 0.571. The number of carbonyl (C=O) groups excluding carboxylic acids is 1. The lowest BCUT2D eigenvalue weighted by molar-refractivity contribution is -0.134. The number of halogens is 1. The third kappa shape index (κ3) is 4.61. The van der Waals surface area contributed by atoms with Gasteiger partial charge in [-0.05, 0) is 49.4 Å². The Bertz CT molecular complexity index is 937. The Balaban J connectivity index is 1.73. The minimum atomic E-state index is -1.18. The van der Waals surface area contributed by atoms with Gasteiger partial charge in [-0.2, -0.15) is 0 Å². The second-order valence-corrected chi connectivity index (χ2v) is 7.51. The molecule has 1 aliphatic heterocycles. The Morgan fingerprint density at radius 2 is 2.03 bits per heavy atom. The molecule has 0 aliphatic carbocycles. The number of carbonyl (C=O) groups is 1. The van der Waals surface area contributed by atoms with Crippen molar-refractivity contribution in [3.05, 3.63) is 53.6 Å². The number of ether oxygens (including phenoxy) is 1. The van der Waals surface area contributed by atoms with Crippen LogP contribution in [0.3, 0.4) is 0 Å². The van der Waals surface area contributed by atoms with Gasteiger partial charge < -0.3 is 9.64 Å². The van der Waals surface area contributed by atoms with E-state index in [0.717, 1.165) is 27.9 Å². The van der Waals surface area contributed by atoms with Crippen LogP contribution in [0, 0.1) is 6.92 Å². The number of allylic oxidation sites excluding steroid dienone is 1. The lowest BCUT2D eigenvalue weighted by atomic mass is 9.96. The third-order valence-electron chi connectivity index (χ3n) is 5.56. The molecule has 0 unspecified atom stereocenters. The molecule has 1 fully saturated rings. The van der Waals surface area contributed by atoms with Gasteiger partial charge in [-0.3, -0.25) is 9.79 Å². The van der Waals surface area contributed by atoms with E-state index in [9.17, 15) is 9.18 Å². The summed E-state index contributed by atoms with van der Waals surface area (Å²) in [6.45, 7) is 10.2. The fourth-order valence-electron chi connectivity index (χ4n) is 3.91. The predicted octanol–water partition coefficient (Wildman–Crippen LogP) is 5.76. The van der Waals surface area contributed by atoms with Crippen LogP contribution >= 0.6 is 0 Å². The first-order valence-electron chi connectivity index (χ1n) is 10.4. The van der Waals surface area contributed by atoms with Gasteiger partial charge in [-0.15, -0.1) is 0 Å². The van der Waals surface area contributed by atoms with Crippen LogP contribution in [0.4, 0.5) is 10.1 Å². The van der Waals surface area contributed by atoms with E-state index in [1.807, 2.05) is 56.3 Å². The van der Waals surface area contributed by atoms with E-state index in [2.05, 4.69) is 17.8 Å². The van der Waals surface area contributed by atoms with Gasteiger partial charge in [0.1, 0.15) is 11.9 Å². The summed E-state index contributed by atoms with van der Waals surface area (Å²) in [5.74, 6) is 0.622. The zero-order valence-electron chi connectivity index (χ0n) is 17.9. The summed E-state index contributed by atoms with van der Waals surface area (Å²) in [6.07, 6.45) is 3.18. The average molecular weight is 409 g/mol. The fourth-order valence-corrected chi connectivity index (χ4v) is 3.91. The third-order valence-corrected chi connectivity index (χ3v) is 5.56. The molecule has 0 N–H and O–H groups in total. The number of benzene rings is 2. The Hall–Kier alpha value is -2.95. The number of nitrogens with zero attached hydrogens (tertiary/aromatic N) is 2. The van der Waals surface area contributed by atoms with Crippen molar-refractivity contribution in [3.8, 4) is 16.9 Å². The molecule has 30 heavy (non-hydrogen) atoms. The maximum absolute atomic E-state index is 14.5. The number of rotatable bonds is 6. The van der Waals surface area contributed by atoms with Gasteiger partial charge in [-0.25, -0.2) is 4.39 Å². The first kappa shape index (κ1) is 21.8. The molecular weight excluding hydrogens is 379 g/mol. The van der Waals surface area contributed by atoms with E-state index in [4.69, 9.17) is 4.74 Å². The van der Waals surface area contributed by atoms with E-state index in [0.29, 0.717) is 25.1 Å². The highest BCUT2D eigenvalue weighted by Gasteiger charge is 2.32. The highest BCUT2D eigenvalue weighted by Crippen LogP contribution is 2.34. The Morgan fingerprint density at radius 1 is 1.30 bits per heavy atom. The molecule has 2 aromatic rings. The zero-order chi connectivity index (χ0) is 21.7. The first-order valence-corrected chi connectivity index (χ1v) is 10.4. The van der Waals surface area contributed by atoms with Crippen molar-refractivity contribution in [2.24, 2.45) is 4.99 Å². The topological polar surface area (TPSA) is 41.9 Å². The van der Waals surface area contributed by atoms with Crippen molar-refractivity contribution in [3.63, 3.8) is 0 Å². The molecule has 3 rings (SSSR count). The van der Waals surface area contributed by atoms with Crippen LogP contribution in [0.5, 0.6) is 5.75 Å². The highest BCUT2D eigenvalue weighted by atomic mass is 19.1. The number of aliphatic imine (C=N–C) groups is 1. The predicted molar refractivity (Wildman–Crippen MR) is 121 cm³/mol. The minimum absolute atomic E-state index is 0.00958. The second-order valence-electron chi connectivity index (χ2n) is 7.51. The molecule has 0 radical (unpaired) electrons. The van der Waals surface area contributed by atoms with E-state index in [-0.39, 0.29) is 12.5 Å². The molecule has 4 nitrogen and oxygen atoms in total. The summed E-state index contributed by atoms with van der Waals surface area (Å²) >= 11 is 0. The average Bonchev–Trinajstić information content (AvgIpc) is 2.76. The molecule has 0 aromatic heterocycles. The number of hydrogen-bond acceptors (Lipinski definition) is 3. The summed E-state index contributed by atoms with van der Waals surface area (Å²) in [4.78, 5) is 17.6. The smallest absolute Gasteiger partial charge is 0.222 e. The number of likely N-dealkylation sites (tertiary alicyclic amines) is 1. The summed E-state index contributed by atoms with van der Waals surface area (Å²) in [5.41, 5.74) is 5.09. The second kappa shape index (κ2) is 9.70. The largest absolute Gasteiger partial charge is 0.487 e. The van der Waals surface area contributed by atoms with E-state index >= 15 is 0 Å². The highest BCUT2D eigenvalue weighted by molar-refractivity contribution is 5.79. The standard InChI is InChI=1S/C25H29FN2O2/c1-5-7-19-10-13-21(17(3)25(19)27-4)18-8-11-20(12-9-18)30-23-14-15-28(16-22(23)26)24(29)6-2/h5,7-13,22-23H,4,6,14-16H2,1-3H3/b7-5-/t22-,23-/m1/s1. The van der Waals surface area contributed by atoms with Crippen molar-refractivity contribution in [1.29, 1.82) is 0 Å². The SMILES string of the molecule is C=Nc1c(/C=C\C)ccc(-c2ccc(O[C@@H]3CCN(C(=O)CC)C[C@H]3F)cc2)c1C. The van der Waals surface area contributed by atoms with Gasteiger partial charge in [0.2, 0.25) is 5.91 Å². The molecule has 0 spiro atoms. The summed E-state index contributed by atoms with van der Waals surface area (Å²) in [7, 11) is 0. The molecule has 158 valence electrons. The lowest BCUT2D eigenvalue weighted by Gasteiger charge is -2.34. The summed E-state index contributed by atoms with van der Waals surface area (Å²) in [6, 6.07) is 11.8. The van der Waals surface area contributed by atoms with Crippen LogP contribution in [0.1, 0.15) is 37.8 Å². The normalized spacial score (nSPS) is 19.1. The van der Waals surface area contributed by atoms with Crippen LogP contribution in [-0.2, 0) is 4.79 Å². The van der Waals surface area contributed by atoms with Crippen molar-refractivity contribution in [1.82, 2.24) is 4.90 Å². The molecule has 1 aliphatic rings. The van der Waals surface area contributed by atoms with E-state index in [1.54, 1.807) is 11.8 Å². The maximum atomic E-state index is 14.5. The van der Waals surface area contributed by atoms with Crippen molar-refractivity contribution in [2.75, 3.05) is 13.1 Å². The monoisotopic (exact) mass is 408 g/mol. The van der Waals surface area contributed by atoms with Crippen LogP contribution < -0.4 is 4.74 Å². The number of piperidine rings is 1. The van der Waals surface area contributed by atoms with Crippen LogP contribution in [0.2, 0.25) is 0 Å². The van der Waals surface area contributed by atoms with Crippen molar-refractivity contribution in [2.45, 2.75) is 45.9 Å². The maximum Gasteiger partial charge on any atom is 0.222 e. The van der Waals surface area contributed by atoms with Gasteiger partial charge in [0.05, 0.1) is 12.2 Å². The van der Waals surface area contributed by atoms with E-state index in [1.165, 1.54) is 0 Å². The summed E-state index contributed by atoms with van der Waals surface area (Å²) in [5, 5.41) is 0. The number of alkyl halides is 1. The molecule has 0 saturated carbocycles. The molecular formula is C25H29FN2O2. The molecule has 2 atom stereocenters. The van der Waals surface area contributed by atoms with E-state index < -0.39 is 12.3 Å². The minimum Gasteiger partial charge on any atom is -0.487 e. The van der Waals surface area contributed by atoms with Crippen molar-refractivity contribution < 1.29 is 13.9 Å². The van der Waals surface area contributed by atoms with Gasteiger partial charge in [0, 0.05) is 24.9 Å². The number of amides is 1. The molecule has 0 bridgehead atoms. The van der Waals surface area contributed by atoms with Crippen LogP contribution in [0.15, 0.2) is 47.5 Å². The molecule has 1 amide bonds. The molecule has 5 heteroatoms. The van der Waals surface area contributed by atoms with Gasteiger partial charge in [0.25, 0.3) is 0 Å². The van der Waals surface area contributed by atoms with Gasteiger partial charge in [-0.1, -0.05) is 43.3 Å².